The van der Waals surface area contributed by atoms with Gasteiger partial charge in [0.2, 0.25) is 5.95 Å². The summed E-state index contributed by atoms with van der Waals surface area (Å²) >= 11 is 5.95. The average molecular weight is 343 g/mol. The highest BCUT2D eigenvalue weighted by Crippen LogP contribution is 2.42. The van der Waals surface area contributed by atoms with Crippen LogP contribution in [0.4, 0.5) is 30.6 Å². The van der Waals surface area contributed by atoms with Crippen molar-refractivity contribution < 1.29 is 13.2 Å². The van der Waals surface area contributed by atoms with Crippen LogP contribution in [0.15, 0.2) is 24.3 Å². The highest BCUT2D eigenvalue weighted by Gasteiger charge is 2.34. The van der Waals surface area contributed by atoms with Gasteiger partial charge in [-0.25, -0.2) is 4.98 Å². The van der Waals surface area contributed by atoms with Gasteiger partial charge in [0.25, 0.3) is 0 Å². The molecule has 1 aliphatic carbocycles. The molecule has 0 aliphatic heterocycles. The van der Waals surface area contributed by atoms with E-state index in [1.54, 1.807) is 13.1 Å². The first-order chi connectivity index (χ1) is 10.9. The molecule has 0 amide bonds. The van der Waals surface area contributed by atoms with Gasteiger partial charge >= 0.3 is 6.18 Å². The number of hydrogen-bond donors (Lipinski definition) is 2. The fourth-order valence-corrected chi connectivity index (χ4v) is 2.47. The minimum absolute atomic E-state index is 0.0163. The minimum Gasteiger partial charge on any atom is -0.357 e. The van der Waals surface area contributed by atoms with Crippen LogP contribution in [0.5, 0.6) is 0 Å². The second kappa shape index (κ2) is 5.88. The molecule has 0 atom stereocenters. The molecular formula is C15H14ClF3N4. The van der Waals surface area contributed by atoms with Gasteiger partial charge in [-0.1, -0.05) is 17.7 Å². The summed E-state index contributed by atoms with van der Waals surface area (Å²) in [5.41, 5.74) is -0.223. The molecule has 23 heavy (non-hydrogen) atoms. The number of alkyl halides is 3. The number of halogens is 4. The quantitative estimate of drug-likeness (QED) is 0.837. The van der Waals surface area contributed by atoms with Gasteiger partial charge in [0.05, 0.1) is 22.0 Å². The Morgan fingerprint density at radius 3 is 2.57 bits per heavy atom. The lowest BCUT2D eigenvalue weighted by atomic mass is 10.1. The van der Waals surface area contributed by atoms with Gasteiger partial charge in [0, 0.05) is 19.0 Å². The van der Waals surface area contributed by atoms with E-state index >= 15 is 0 Å². The van der Waals surface area contributed by atoms with E-state index in [0.717, 1.165) is 24.6 Å². The molecular weight excluding hydrogens is 329 g/mol. The topological polar surface area (TPSA) is 49.8 Å². The second-order valence-electron chi connectivity index (χ2n) is 5.31. The Bertz CT molecular complexity index is 729. The molecule has 8 heteroatoms. The first-order valence-corrected chi connectivity index (χ1v) is 7.45. The number of aromatic nitrogens is 2. The minimum atomic E-state index is -4.51. The highest BCUT2D eigenvalue weighted by atomic mass is 35.5. The monoisotopic (exact) mass is 342 g/mol. The van der Waals surface area contributed by atoms with Crippen molar-refractivity contribution in [3.8, 4) is 0 Å². The molecule has 1 aliphatic rings. The molecule has 2 N–H and O–H groups in total. The molecule has 1 heterocycles. The number of benzene rings is 1. The summed E-state index contributed by atoms with van der Waals surface area (Å²) in [6.07, 6.45) is -2.45. The second-order valence-corrected chi connectivity index (χ2v) is 5.72. The third-order valence-corrected chi connectivity index (χ3v) is 3.85. The largest absolute Gasteiger partial charge is 0.418 e. The zero-order valence-corrected chi connectivity index (χ0v) is 13.0. The predicted octanol–water partition coefficient (Wildman–Crippen LogP) is 4.81. The van der Waals surface area contributed by atoms with Gasteiger partial charge in [-0.05, 0) is 25.0 Å². The zero-order valence-electron chi connectivity index (χ0n) is 12.2. The van der Waals surface area contributed by atoms with E-state index in [9.17, 15) is 13.2 Å². The molecule has 122 valence electrons. The maximum absolute atomic E-state index is 13.2. The standard InChI is InChI=1S/C15H14ClF3N4/c1-20-14-21-11(8-5-6-8)7-12(23-14)22-13-9(15(17,18)19)3-2-4-10(13)16/h2-4,7-8H,5-6H2,1H3,(H2,20,21,22,23). The first-order valence-electron chi connectivity index (χ1n) is 7.08. The molecule has 0 saturated heterocycles. The van der Waals surface area contributed by atoms with Gasteiger partial charge in [-0.3, -0.25) is 0 Å². The van der Waals surface area contributed by atoms with Crippen molar-refractivity contribution in [3.05, 3.63) is 40.5 Å². The van der Waals surface area contributed by atoms with Crippen LogP contribution in [-0.2, 0) is 6.18 Å². The number of para-hydroxylation sites is 1. The fraction of sp³-hybridized carbons (Fsp3) is 0.333. The van der Waals surface area contributed by atoms with Crippen LogP contribution in [0.3, 0.4) is 0 Å². The van der Waals surface area contributed by atoms with Crippen LogP contribution >= 0.6 is 11.6 Å². The van der Waals surface area contributed by atoms with E-state index < -0.39 is 11.7 Å². The average Bonchev–Trinajstić information content (AvgIpc) is 3.32. The SMILES string of the molecule is CNc1nc(Nc2c(Cl)cccc2C(F)(F)F)cc(C2CC2)n1. The lowest BCUT2D eigenvalue weighted by Crippen LogP contribution is -2.10. The molecule has 0 bridgehead atoms. The van der Waals surface area contributed by atoms with E-state index in [2.05, 4.69) is 20.6 Å². The Balaban J connectivity index is 2.01. The smallest absolute Gasteiger partial charge is 0.357 e. The van der Waals surface area contributed by atoms with Crippen molar-refractivity contribution in [3.63, 3.8) is 0 Å². The van der Waals surface area contributed by atoms with Crippen molar-refractivity contribution >= 4 is 29.1 Å². The van der Waals surface area contributed by atoms with Crippen LogP contribution in [0.25, 0.3) is 0 Å². The van der Waals surface area contributed by atoms with Crippen molar-refractivity contribution in [2.75, 3.05) is 17.7 Å². The number of nitrogens with zero attached hydrogens (tertiary/aromatic N) is 2. The third kappa shape index (κ3) is 3.50. The van der Waals surface area contributed by atoms with Crippen molar-refractivity contribution in [2.24, 2.45) is 0 Å². The van der Waals surface area contributed by atoms with Crippen molar-refractivity contribution in [1.82, 2.24) is 9.97 Å². The molecule has 4 nitrogen and oxygen atoms in total. The molecule has 1 saturated carbocycles. The Kier molecular flexibility index (Phi) is 4.06. The Hall–Kier alpha value is -2.02. The lowest BCUT2D eigenvalue weighted by molar-refractivity contribution is -0.136. The molecule has 0 radical (unpaired) electrons. The van der Waals surface area contributed by atoms with Crippen molar-refractivity contribution in [2.45, 2.75) is 24.9 Å². The molecule has 0 unspecified atom stereocenters. The van der Waals surface area contributed by atoms with Crippen LogP contribution in [0.1, 0.15) is 30.0 Å². The van der Waals surface area contributed by atoms with Crippen LogP contribution in [0, 0.1) is 0 Å². The van der Waals surface area contributed by atoms with E-state index in [-0.39, 0.29) is 16.5 Å². The summed E-state index contributed by atoms with van der Waals surface area (Å²) in [6, 6.07) is 5.32. The van der Waals surface area contributed by atoms with Gasteiger partial charge in [-0.2, -0.15) is 18.2 Å². The van der Waals surface area contributed by atoms with Crippen LogP contribution in [0.2, 0.25) is 5.02 Å². The Morgan fingerprint density at radius 2 is 1.96 bits per heavy atom. The van der Waals surface area contributed by atoms with E-state index in [0.29, 0.717) is 11.9 Å². The summed E-state index contributed by atoms with van der Waals surface area (Å²) < 4.78 is 39.5. The summed E-state index contributed by atoms with van der Waals surface area (Å²) in [7, 11) is 1.66. The number of hydrogen-bond acceptors (Lipinski definition) is 4. The van der Waals surface area contributed by atoms with Gasteiger partial charge in [-0.15, -0.1) is 0 Å². The van der Waals surface area contributed by atoms with Crippen molar-refractivity contribution in [1.29, 1.82) is 0 Å². The molecule has 1 aromatic carbocycles. The summed E-state index contributed by atoms with van der Waals surface area (Å²) in [5.74, 6) is 0.987. The Morgan fingerprint density at radius 1 is 1.22 bits per heavy atom. The molecule has 0 spiro atoms. The number of rotatable bonds is 4. The van der Waals surface area contributed by atoms with Gasteiger partial charge < -0.3 is 10.6 Å². The summed E-state index contributed by atoms with van der Waals surface area (Å²) in [4.78, 5) is 8.49. The van der Waals surface area contributed by atoms with Crippen LogP contribution in [-0.4, -0.2) is 17.0 Å². The summed E-state index contributed by atoms with van der Waals surface area (Å²) in [6.45, 7) is 0. The van der Waals surface area contributed by atoms with E-state index in [4.69, 9.17) is 11.6 Å². The normalized spacial score (nSPS) is 14.7. The Labute approximate surface area is 136 Å². The lowest BCUT2D eigenvalue weighted by Gasteiger charge is -2.16. The molecule has 1 aromatic heterocycles. The predicted molar refractivity (Wildman–Crippen MR) is 83.3 cm³/mol. The zero-order chi connectivity index (χ0) is 16.6. The summed E-state index contributed by atoms with van der Waals surface area (Å²) in [5, 5.41) is 5.50. The number of nitrogens with one attached hydrogen (secondary N) is 2. The van der Waals surface area contributed by atoms with Crippen LogP contribution < -0.4 is 10.6 Å². The molecule has 2 aromatic rings. The van der Waals surface area contributed by atoms with E-state index in [1.807, 2.05) is 0 Å². The maximum atomic E-state index is 13.2. The molecule has 3 rings (SSSR count). The third-order valence-electron chi connectivity index (χ3n) is 3.54. The molecule has 1 fully saturated rings. The van der Waals surface area contributed by atoms with E-state index in [1.165, 1.54) is 12.1 Å². The number of anilines is 3. The van der Waals surface area contributed by atoms with Gasteiger partial charge in [0.1, 0.15) is 5.82 Å². The fourth-order valence-electron chi connectivity index (χ4n) is 2.25. The van der Waals surface area contributed by atoms with Gasteiger partial charge in [0.15, 0.2) is 0 Å². The maximum Gasteiger partial charge on any atom is 0.418 e. The highest BCUT2D eigenvalue weighted by molar-refractivity contribution is 6.33. The first kappa shape index (κ1) is 15.9.